The molecule has 0 aliphatic heterocycles. The van der Waals surface area contributed by atoms with Gasteiger partial charge < -0.3 is 4.74 Å². The molecule has 0 radical (unpaired) electrons. The smallest absolute Gasteiger partial charge is 0.311 e. The van der Waals surface area contributed by atoms with E-state index < -0.39 is 0 Å². The van der Waals surface area contributed by atoms with Crippen LogP contribution in [0.2, 0.25) is 0 Å². The van der Waals surface area contributed by atoms with Gasteiger partial charge in [-0.25, -0.2) is 4.57 Å². The minimum atomic E-state index is -0.388. The van der Waals surface area contributed by atoms with Crippen LogP contribution in [-0.4, -0.2) is 16.5 Å². The number of imidazole rings is 1. The molecule has 1 heterocycles. The van der Waals surface area contributed by atoms with Gasteiger partial charge in [0.05, 0.1) is 11.5 Å². The molecule has 0 saturated heterocycles. The molecule has 1 N–H and O–H groups in total. The van der Waals surface area contributed by atoms with Crippen LogP contribution in [0.5, 0.6) is 5.75 Å². The molecule has 0 spiro atoms. The zero-order valence-electron chi connectivity index (χ0n) is 12.1. The number of H-pyrrole nitrogens is 1. The van der Waals surface area contributed by atoms with E-state index in [0.717, 1.165) is 24.8 Å². The van der Waals surface area contributed by atoms with Crippen molar-refractivity contribution >= 4 is 5.69 Å². The Labute approximate surface area is 123 Å². The van der Waals surface area contributed by atoms with E-state index in [2.05, 4.69) is 11.9 Å². The first kappa shape index (κ1) is 15.0. The third-order valence-electron chi connectivity index (χ3n) is 3.19. The average Bonchev–Trinajstić information content (AvgIpc) is 2.97. The number of unbranched alkanes of at least 4 members (excludes halogenated alkanes) is 2. The molecule has 0 unspecified atom stereocenters. The number of ether oxygens (including phenoxy) is 1. The highest BCUT2D eigenvalue weighted by Crippen LogP contribution is 2.28. The van der Waals surface area contributed by atoms with Gasteiger partial charge in [0.1, 0.15) is 18.9 Å². The van der Waals surface area contributed by atoms with E-state index in [1.165, 1.54) is 0 Å². The van der Waals surface area contributed by atoms with E-state index in [1.54, 1.807) is 24.7 Å². The zero-order valence-corrected chi connectivity index (χ0v) is 12.1. The minimum absolute atomic E-state index is 0.0279. The van der Waals surface area contributed by atoms with E-state index in [-0.39, 0.29) is 10.6 Å². The summed E-state index contributed by atoms with van der Waals surface area (Å²) in [5.74, 6) is 0.346. The summed E-state index contributed by atoms with van der Waals surface area (Å²) in [7, 11) is 0. The van der Waals surface area contributed by atoms with Crippen molar-refractivity contribution in [3.8, 4) is 5.75 Å². The predicted molar refractivity (Wildman–Crippen MR) is 78.2 cm³/mol. The Morgan fingerprint density at radius 1 is 1.38 bits per heavy atom. The van der Waals surface area contributed by atoms with Gasteiger partial charge >= 0.3 is 5.69 Å². The van der Waals surface area contributed by atoms with Gasteiger partial charge in [0, 0.05) is 11.6 Å². The van der Waals surface area contributed by atoms with Crippen molar-refractivity contribution in [1.29, 1.82) is 0 Å². The van der Waals surface area contributed by atoms with Gasteiger partial charge in [0.15, 0.2) is 5.75 Å². The first-order valence-electron chi connectivity index (χ1n) is 7.12. The number of hydrogen-bond acceptors (Lipinski definition) is 3. The van der Waals surface area contributed by atoms with Crippen LogP contribution in [0.3, 0.4) is 0 Å². The molecule has 1 aromatic carbocycles. The molecule has 0 aliphatic rings. The van der Waals surface area contributed by atoms with Crippen LogP contribution in [0.25, 0.3) is 0 Å². The summed E-state index contributed by atoms with van der Waals surface area (Å²) in [6, 6.07) is 5.13. The summed E-state index contributed by atoms with van der Waals surface area (Å²) in [6.45, 7) is 3.21. The quantitative estimate of drug-likeness (QED) is 0.352. The highest BCUT2D eigenvalue weighted by atomic mass is 16.6. The number of nitrogens with one attached hydrogen (secondary N) is 1. The molecule has 21 heavy (non-hydrogen) atoms. The number of hydrogen-bond donors (Lipinski definition) is 1. The number of nitro benzene ring substituents is 1. The van der Waals surface area contributed by atoms with E-state index in [4.69, 9.17) is 4.74 Å². The second kappa shape index (κ2) is 7.42. The number of nitrogens with zero attached hydrogens (tertiary/aromatic N) is 2. The van der Waals surface area contributed by atoms with E-state index in [0.29, 0.717) is 18.9 Å². The first-order chi connectivity index (χ1) is 10.2. The molecular weight excluding hydrogens is 270 g/mol. The summed E-state index contributed by atoms with van der Waals surface area (Å²) >= 11 is 0. The number of aromatic amines is 1. The zero-order chi connectivity index (χ0) is 15.1. The minimum Gasteiger partial charge on any atom is -0.487 e. The number of benzene rings is 1. The lowest BCUT2D eigenvalue weighted by Gasteiger charge is -2.07. The van der Waals surface area contributed by atoms with Gasteiger partial charge in [-0.05, 0) is 12.5 Å². The molecule has 0 aliphatic carbocycles. The lowest BCUT2D eigenvalue weighted by atomic mass is 10.2. The van der Waals surface area contributed by atoms with Crippen LogP contribution in [0.1, 0.15) is 31.7 Å². The maximum Gasteiger partial charge on any atom is 0.311 e. The summed E-state index contributed by atoms with van der Waals surface area (Å²) in [4.78, 5) is 13.7. The van der Waals surface area contributed by atoms with Gasteiger partial charge in [0.2, 0.25) is 6.33 Å². The lowest BCUT2D eigenvalue weighted by Crippen LogP contribution is -2.30. The maximum atomic E-state index is 11.2. The van der Waals surface area contributed by atoms with Gasteiger partial charge in [-0.1, -0.05) is 25.8 Å². The van der Waals surface area contributed by atoms with Gasteiger partial charge in [0.25, 0.3) is 0 Å². The Morgan fingerprint density at radius 2 is 2.24 bits per heavy atom. The third-order valence-corrected chi connectivity index (χ3v) is 3.19. The third kappa shape index (κ3) is 4.30. The van der Waals surface area contributed by atoms with Crippen molar-refractivity contribution < 1.29 is 14.2 Å². The Hall–Kier alpha value is -2.37. The number of aromatic nitrogens is 2. The number of rotatable bonds is 8. The fraction of sp³-hybridized carbons (Fsp3) is 0.400. The van der Waals surface area contributed by atoms with E-state index >= 15 is 0 Å². The normalized spacial score (nSPS) is 10.5. The maximum absolute atomic E-state index is 11.2. The van der Waals surface area contributed by atoms with Crippen molar-refractivity contribution in [3.63, 3.8) is 0 Å². The Bertz CT molecular complexity index is 582. The van der Waals surface area contributed by atoms with Crippen LogP contribution in [0.15, 0.2) is 36.9 Å². The molecular formula is C15H20N3O3+. The fourth-order valence-electron chi connectivity index (χ4n) is 2.09. The Kier molecular flexibility index (Phi) is 5.31. The summed E-state index contributed by atoms with van der Waals surface area (Å²) < 4.78 is 7.45. The average molecular weight is 290 g/mol. The predicted octanol–water partition coefficient (Wildman–Crippen LogP) is 2.83. The first-order valence-corrected chi connectivity index (χ1v) is 7.12. The molecule has 0 atom stereocenters. The standard InChI is InChI=1S/C15H19N3O3/c1-2-3-4-9-21-15-6-5-13(10-14(15)18(19)20)11-17-8-7-16-12-17/h5-8,10,12H,2-4,9,11H2,1H3/p+1. The Balaban J connectivity index is 2.09. The van der Waals surface area contributed by atoms with Crippen LogP contribution in [-0.2, 0) is 6.54 Å². The number of nitro groups is 1. The largest absolute Gasteiger partial charge is 0.487 e. The van der Waals surface area contributed by atoms with E-state index in [1.807, 2.05) is 16.8 Å². The molecule has 2 rings (SSSR count). The highest BCUT2D eigenvalue weighted by molar-refractivity contribution is 5.48. The molecule has 112 valence electrons. The van der Waals surface area contributed by atoms with Crippen LogP contribution >= 0.6 is 0 Å². The van der Waals surface area contributed by atoms with Crippen molar-refractivity contribution in [2.45, 2.75) is 32.7 Å². The molecule has 6 nitrogen and oxygen atoms in total. The fourth-order valence-corrected chi connectivity index (χ4v) is 2.09. The summed E-state index contributed by atoms with van der Waals surface area (Å²) in [5.41, 5.74) is 0.896. The summed E-state index contributed by atoms with van der Waals surface area (Å²) in [5, 5.41) is 11.2. The summed E-state index contributed by atoms with van der Waals surface area (Å²) in [6.07, 6.45) is 8.56. The SMILES string of the molecule is CCCCCOc1ccc(C[n+]2cc[nH]c2)cc1[N+](=O)[O-]. The van der Waals surface area contributed by atoms with Gasteiger partial charge in [-0.15, -0.1) is 0 Å². The molecule has 0 saturated carbocycles. The molecule has 2 aromatic rings. The Morgan fingerprint density at radius 3 is 2.90 bits per heavy atom. The molecule has 0 fully saturated rings. The van der Waals surface area contributed by atoms with E-state index in [9.17, 15) is 10.1 Å². The highest BCUT2D eigenvalue weighted by Gasteiger charge is 2.16. The van der Waals surface area contributed by atoms with Crippen molar-refractivity contribution in [2.75, 3.05) is 6.61 Å². The second-order valence-electron chi connectivity index (χ2n) is 4.90. The van der Waals surface area contributed by atoms with Crippen LogP contribution < -0.4 is 9.30 Å². The monoisotopic (exact) mass is 290 g/mol. The molecule has 6 heteroatoms. The van der Waals surface area contributed by atoms with Crippen LogP contribution in [0, 0.1) is 10.1 Å². The van der Waals surface area contributed by atoms with Crippen molar-refractivity contribution in [3.05, 3.63) is 52.6 Å². The van der Waals surface area contributed by atoms with Crippen LogP contribution in [0.4, 0.5) is 5.69 Å². The molecule has 0 amide bonds. The molecule has 0 bridgehead atoms. The van der Waals surface area contributed by atoms with Gasteiger partial charge in [-0.2, -0.15) is 0 Å². The van der Waals surface area contributed by atoms with Gasteiger partial charge in [-0.3, -0.25) is 15.1 Å². The van der Waals surface area contributed by atoms with Crippen molar-refractivity contribution in [1.82, 2.24) is 4.98 Å². The second-order valence-corrected chi connectivity index (χ2v) is 4.90. The lowest BCUT2D eigenvalue weighted by molar-refractivity contribution is -0.687. The van der Waals surface area contributed by atoms with Crippen molar-refractivity contribution in [2.24, 2.45) is 0 Å². The molecule has 1 aromatic heterocycles. The topological polar surface area (TPSA) is 72.0 Å².